The number of hydrogen-bond acceptors (Lipinski definition) is 2. The molecule has 1 fully saturated rings. The molecule has 17 heavy (non-hydrogen) atoms. The van der Waals surface area contributed by atoms with Crippen molar-refractivity contribution in [3.8, 4) is 5.75 Å². The van der Waals surface area contributed by atoms with E-state index in [4.69, 9.17) is 4.74 Å². The predicted octanol–water partition coefficient (Wildman–Crippen LogP) is 2.84. The van der Waals surface area contributed by atoms with Crippen LogP contribution in [0.2, 0.25) is 0 Å². The summed E-state index contributed by atoms with van der Waals surface area (Å²) >= 11 is 2.21. The maximum atomic E-state index is 11.9. The van der Waals surface area contributed by atoms with Crippen molar-refractivity contribution in [2.45, 2.75) is 6.42 Å². The van der Waals surface area contributed by atoms with Crippen molar-refractivity contribution in [3.63, 3.8) is 0 Å². The minimum absolute atomic E-state index is 0.163. The van der Waals surface area contributed by atoms with Crippen molar-refractivity contribution in [3.05, 3.63) is 34.4 Å². The average molecular weight is 343 g/mol. The number of methoxy groups -OCH3 is 1. The molecule has 3 nitrogen and oxygen atoms in total. The van der Waals surface area contributed by atoms with E-state index < -0.39 is 0 Å². The third-order valence-electron chi connectivity index (χ3n) is 2.94. The fraction of sp³-hybridized carbons (Fsp3) is 0.308. The van der Waals surface area contributed by atoms with Gasteiger partial charge in [0.15, 0.2) is 0 Å². The first-order valence-electron chi connectivity index (χ1n) is 5.42. The second-order valence-corrected chi connectivity index (χ2v) is 5.19. The second-order valence-electron chi connectivity index (χ2n) is 4.02. The molecule has 1 aliphatic rings. The first kappa shape index (κ1) is 12.4. The van der Waals surface area contributed by atoms with E-state index in [0.29, 0.717) is 6.42 Å². The molecule has 1 unspecified atom stereocenters. The molecule has 0 radical (unpaired) electrons. The lowest BCUT2D eigenvalue weighted by Crippen LogP contribution is -2.24. The summed E-state index contributed by atoms with van der Waals surface area (Å²) in [5, 5.41) is 0. The van der Waals surface area contributed by atoms with E-state index in [9.17, 15) is 4.79 Å². The number of benzene rings is 1. The predicted molar refractivity (Wildman–Crippen MR) is 76.4 cm³/mol. The Kier molecular flexibility index (Phi) is 3.71. The van der Waals surface area contributed by atoms with Crippen molar-refractivity contribution >= 4 is 34.2 Å². The molecule has 1 saturated heterocycles. The number of nitrogens with zero attached hydrogens (tertiary/aromatic N) is 1. The number of ether oxygens (including phenoxy) is 1. The number of halogens is 1. The van der Waals surface area contributed by atoms with Gasteiger partial charge in [-0.3, -0.25) is 4.79 Å². The zero-order chi connectivity index (χ0) is 12.4. The molecular formula is C13H14INO2. The Balaban J connectivity index is 2.26. The van der Waals surface area contributed by atoms with Gasteiger partial charge in [-0.05, 0) is 40.8 Å². The van der Waals surface area contributed by atoms with Crippen LogP contribution in [0.15, 0.2) is 30.9 Å². The molecule has 0 N–H and O–H groups in total. The molecule has 0 bridgehead atoms. The van der Waals surface area contributed by atoms with Crippen LogP contribution in [-0.4, -0.2) is 19.6 Å². The van der Waals surface area contributed by atoms with Crippen LogP contribution in [0.1, 0.15) is 6.42 Å². The highest BCUT2D eigenvalue weighted by molar-refractivity contribution is 14.1. The normalized spacial score (nSPS) is 19.5. The molecule has 1 aromatic carbocycles. The van der Waals surface area contributed by atoms with Gasteiger partial charge in [-0.2, -0.15) is 0 Å². The summed E-state index contributed by atoms with van der Waals surface area (Å²) in [7, 11) is 1.64. The van der Waals surface area contributed by atoms with E-state index in [1.165, 1.54) is 0 Å². The highest BCUT2D eigenvalue weighted by atomic mass is 127. The number of rotatable bonds is 3. The van der Waals surface area contributed by atoms with Crippen LogP contribution in [0.25, 0.3) is 0 Å². The van der Waals surface area contributed by atoms with E-state index in [2.05, 4.69) is 29.2 Å². The van der Waals surface area contributed by atoms with E-state index in [1.54, 1.807) is 7.11 Å². The lowest BCUT2D eigenvalue weighted by Gasteiger charge is -2.17. The molecule has 1 atom stereocenters. The standard InChI is InChI=1S/C13H14INO2/c1-3-9-6-13(16)15(8-9)10-4-5-12(17-2)11(14)7-10/h3-5,7,9H,1,6,8H2,2H3. The van der Waals surface area contributed by atoms with Crippen LogP contribution in [-0.2, 0) is 4.79 Å². The Morgan fingerprint density at radius 3 is 2.88 bits per heavy atom. The quantitative estimate of drug-likeness (QED) is 0.624. The molecular weight excluding hydrogens is 329 g/mol. The smallest absolute Gasteiger partial charge is 0.227 e. The van der Waals surface area contributed by atoms with Crippen LogP contribution >= 0.6 is 22.6 Å². The fourth-order valence-corrected chi connectivity index (χ4v) is 2.68. The molecule has 90 valence electrons. The van der Waals surface area contributed by atoms with Gasteiger partial charge in [-0.1, -0.05) is 6.08 Å². The SMILES string of the molecule is C=CC1CC(=O)N(c2ccc(OC)c(I)c2)C1. The Hall–Kier alpha value is -1.04. The number of anilines is 1. The van der Waals surface area contributed by atoms with Crippen LogP contribution in [0, 0.1) is 9.49 Å². The lowest BCUT2D eigenvalue weighted by atomic mass is 10.1. The van der Waals surface area contributed by atoms with Crippen molar-refractivity contribution in [1.29, 1.82) is 0 Å². The Bertz CT molecular complexity index is 459. The number of carbonyl (C=O) groups excluding carboxylic acids is 1. The van der Waals surface area contributed by atoms with Gasteiger partial charge >= 0.3 is 0 Å². The van der Waals surface area contributed by atoms with Crippen molar-refractivity contribution in [2.24, 2.45) is 5.92 Å². The fourth-order valence-electron chi connectivity index (χ4n) is 1.97. The van der Waals surface area contributed by atoms with Gasteiger partial charge in [0, 0.05) is 24.6 Å². The van der Waals surface area contributed by atoms with Gasteiger partial charge in [0.1, 0.15) is 5.75 Å². The first-order valence-corrected chi connectivity index (χ1v) is 6.50. The van der Waals surface area contributed by atoms with E-state index in [1.807, 2.05) is 29.2 Å². The summed E-state index contributed by atoms with van der Waals surface area (Å²) in [5.41, 5.74) is 0.935. The summed E-state index contributed by atoms with van der Waals surface area (Å²) < 4.78 is 6.22. The van der Waals surface area contributed by atoms with Crippen LogP contribution < -0.4 is 9.64 Å². The van der Waals surface area contributed by atoms with Gasteiger partial charge in [-0.15, -0.1) is 6.58 Å². The average Bonchev–Trinajstić information content (AvgIpc) is 2.70. The summed E-state index contributed by atoms with van der Waals surface area (Å²) in [6.45, 7) is 4.48. The van der Waals surface area contributed by atoms with Crippen LogP contribution in [0.4, 0.5) is 5.69 Å². The lowest BCUT2D eigenvalue weighted by molar-refractivity contribution is -0.117. The van der Waals surface area contributed by atoms with Crippen molar-refractivity contribution in [1.82, 2.24) is 0 Å². The molecule has 1 aliphatic heterocycles. The number of carbonyl (C=O) groups is 1. The molecule has 0 spiro atoms. The van der Waals surface area contributed by atoms with Crippen molar-refractivity contribution < 1.29 is 9.53 Å². The largest absolute Gasteiger partial charge is 0.496 e. The topological polar surface area (TPSA) is 29.5 Å². The van der Waals surface area contributed by atoms with E-state index in [0.717, 1.165) is 21.6 Å². The molecule has 1 aromatic rings. The number of hydrogen-bond donors (Lipinski definition) is 0. The molecule has 2 rings (SSSR count). The minimum Gasteiger partial charge on any atom is -0.496 e. The number of amides is 1. The summed E-state index contributed by atoms with van der Waals surface area (Å²) in [6, 6.07) is 5.79. The van der Waals surface area contributed by atoms with Gasteiger partial charge < -0.3 is 9.64 Å². The van der Waals surface area contributed by atoms with Gasteiger partial charge in [0.25, 0.3) is 0 Å². The second kappa shape index (κ2) is 5.08. The molecule has 4 heteroatoms. The highest BCUT2D eigenvalue weighted by Crippen LogP contribution is 2.30. The molecule has 1 amide bonds. The van der Waals surface area contributed by atoms with Gasteiger partial charge in [0.05, 0.1) is 10.7 Å². The monoisotopic (exact) mass is 343 g/mol. The maximum absolute atomic E-state index is 11.9. The molecule has 0 saturated carbocycles. The summed E-state index contributed by atoms with van der Waals surface area (Å²) in [4.78, 5) is 13.7. The zero-order valence-corrected chi connectivity index (χ0v) is 11.8. The van der Waals surface area contributed by atoms with Crippen LogP contribution in [0.3, 0.4) is 0 Å². The van der Waals surface area contributed by atoms with Gasteiger partial charge in [-0.25, -0.2) is 0 Å². The van der Waals surface area contributed by atoms with Crippen molar-refractivity contribution in [2.75, 3.05) is 18.6 Å². The molecule has 0 aliphatic carbocycles. The highest BCUT2D eigenvalue weighted by Gasteiger charge is 2.28. The maximum Gasteiger partial charge on any atom is 0.227 e. The van der Waals surface area contributed by atoms with E-state index in [-0.39, 0.29) is 11.8 Å². The Morgan fingerprint density at radius 2 is 2.35 bits per heavy atom. The molecule has 1 heterocycles. The minimum atomic E-state index is 0.163. The Morgan fingerprint density at radius 1 is 1.59 bits per heavy atom. The summed E-state index contributed by atoms with van der Waals surface area (Å²) in [5.74, 6) is 1.26. The van der Waals surface area contributed by atoms with Crippen LogP contribution in [0.5, 0.6) is 5.75 Å². The van der Waals surface area contributed by atoms with E-state index >= 15 is 0 Å². The third-order valence-corrected chi connectivity index (χ3v) is 3.78. The summed E-state index contributed by atoms with van der Waals surface area (Å²) in [6.07, 6.45) is 2.42. The van der Waals surface area contributed by atoms with Gasteiger partial charge in [0.2, 0.25) is 5.91 Å². The Labute approximate surface area is 115 Å². The molecule has 0 aromatic heterocycles. The third kappa shape index (κ3) is 2.46. The zero-order valence-electron chi connectivity index (χ0n) is 9.65. The first-order chi connectivity index (χ1) is 8.15.